The van der Waals surface area contributed by atoms with Crippen molar-refractivity contribution in [2.45, 2.75) is 37.3 Å². The van der Waals surface area contributed by atoms with Crippen molar-refractivity contribution in [2.75, 3.05) is 33.3 Å². The lowest BCUT2D eigenvalue weighted by Gasteiger charge is -2.43. The molecule has 1 N–H and O–H groups in total. The van der Waals surface area contributed by atoms with Crippen molar-refractivity contribution in [1.82, 2.24) is 23.9 Å². The smallest absolute Gasteiger partial charge is 0.337 e. The summed E-state index contributed by atoms with van der Waals surface area (Å²) in [6.07, 6.45) is 4.43. The lowest BCUT2D eigenvalue weighted by molar-refractivity contribution is -0.142. The van der Waals surface area contributed by atoms with Gasteiger partial charge in [0.05, 0.1) is 30.2 Å². The van der Waals surface area contributed by atoms with Crippen molar-refractivity contribution >= 4 is 28.8 Å². The minimum absolute atomic E-state index is 0.00296. The Morgan fingerprint density at radius 3 is 2.30 bits per heavy atom. The number of carbonyl (C=O) groups excluding carboxylic acids is 3. The van der Waals surface area contributed by atoms with Crippen LogP contribution >= 0.6 is 0 Å². The van der Waals surface area contributed by atoms with Crippen molar-refractivity contribution in [3.63, 3.8) is 0 Å². The largest absolute Gasteiger partial charge is 0.465 e. The van der Waals surface area contributed by atoms with Crippen LogP contribution in [-0.2, 0) is 16.1 Å². The summed E-state index contributed by atoms with van der Waals surface area (Å²) in [7, 11) is 1.30. The Balaban J connectivity index is 1.04. The zero-order chi connectivity index (χ0) is 34.8. The highest BCUT2D eigenvalue weighted by Gasteiger charge is 2.41. The highest BCUT2D eigenvalue weighted by molar-refractivity contribution is 5.98. The molecule has 2 aliphatic heterocycles. The number of piperidine rings is 2. The van der Waals surface area contributed by atoms with Gasteiger partial charge < -0.3 is 24.2 Å². The SMILES string of the molecule is COC(=O)c1cccc(C(=O)N2CC[C@@H](C(=O)N3CCC(O)(Cn4cnc5c(ccn5-c5ccccc5)c4=O)CC3)[C@H](c3ccccc3)C2)c1. The molecule has 0 aliphatic carbocycles. The van der Waals surface area contributed by atoms with E-state index in [4.69, 9.17) is 4.74 Å². The number of ether oxygens (including phenoxy) is 1. The first kappa shape index (κ1) is 33.0. The van der Waals surface area contributed by atoms with E-state index in [1.807, 2.05) is 76.3 Å². The second-order valence-electron chi connectivity index (χ2n) is 13.2. The third-order valence-corrected chi connectivity index (χ3v) is 10.2. The molecule has 0 spiro atoms. The number of fused-ring (bicyclic) bond motifs is 1. The summed E-state index contributed by atoms with van der Waals surface area (Å²) in [5.74, 6) is -1.29. The number of amides is 2. The van der Waals surface area contributed by atoms with E-state index in [0.29, 0.717) is 67.6 Å². The molecule has 4 heterocycles. The molecule has 7 rings (SSSR count). The predicted octanol–water partition coefficient (Wildman–Crippen LogP) is 4.27. The molecule has 0 saturated carbocycles. The van der Waals surface area contributed by atoms with Gasteiger partial charge in [-0.3, -0.25) is 19.0 Å². The Hall–Kier alpha value is -5.55. The summed E-state index contributed by atoms with van der Waals surface area (Å²) in [6.45, 7) is 1.53. The third-order valence-electron chi connectivity index (χ3n) is 10.2. The zero-order valence-corrected chi connectivity index (χ0v) is 27.9. The molecule has 50 heavy (non-hydrogen) atoms. The third kappa shape index (κ3) is 6.44. The number of likely N-dealkylation sites (tertiary alicyclic amines) is 2. The summed E-state index contributed by atoms with van der Waals surface area (Å²) in [6, 6.07) is 27.7. The second kappa shape index (κ2) is 13.8. The average Bonchev–Trinajstić information content (AvgIpc) is 3.61. The first-order valence-electron chi connectivity index (χ1n) is 16.9. The maximum atomic E-state index is 14.1. The molecule has 0 bridgehead atoms. The van der Waals surface area contributed by atoms with E-state index in [9.17, 15) is 24.3 Å². The molecular formula is C39H39N5O6. The summed E-state index contributed by atoms with van der Waals surface area (Å²) in [5.41, 5.74) is 1.73. The Kier molecular flexibility index (Phi) is 9.07. The van der Waals surface area contributed by atoms with Gasteiger partial charge in [0, 0.05) is 55.5 Å². The molecular weight excluding hydrogens is 634 g/mol. The number of aliphatic hydroxyl groups is 1. The Morgan fingerprint density at radius 1 is 0.880 bits per heavy atom. The van der Waals surface area contributed by atoms with Gasteiger partial charge in [0.2, 0.25) is 5.91 Å². The normalized spacial score (nSPS) is 18.9. The summed E-state index contributed by atoms with van der Waals surface area (Å²) < 4.78 is 8.16. The minimum Gasteiger partial charge on any atom is -0.465 e. The van der Waals surface area contributed by atoms with Crippen LogP contribution in [0.1, 0.15) is 51.5 Å². The van der Waals surface area contributed by atoms with Gasteiger partial charge in [0.15, 0.2) is 5.65 Å². The monoisotopic (exact) mass is 673 g/mol. The number of nitrogens with zero attached hydrogens (tertiary/aromatic N) is 5. The maximum absolute atomic E-state index is 14.1. The lowest BCUT2D eigenvalue weighted by Crippen LogP contribution is -2.53. The van der Waals surface area contributed by atoms with Gasteiger partial charge in [-0.15, -0.1) is 0 Å². The van der Waals surface area contributed by atoms with Crippen molar-refractivity contribution in [3.05, 3.63) is 131 Å². The van der Waals surface area contributed by atoms with Gasteiger partial charge in [-0.25, -0.2) is 9.78 Å². The van der Waals surface area contributed by atoms with Crippen LogP contribution in [0.25, 0.3) is 16.7 Å². The van der Waals surface area contributed by atoms with Crippen LogP contribution in [0.2, 0.25) is 0 Å². The van der Waals surface area contributed by atoms with Gasteiger partial charge in [0.1, 0.15) is 6.33 Å². The van der Waals surface area contributed by atoms with Crippen LogP contribution in [0, 0.1) is 5.92 Å². The van der Waals surface area contributed by atoms with Crippen molar-refractivity contribution < 1.29 is 24.2 Å². The molecule has 2 amide bonds. The van der Waals surface area contributed by atoms with Crippen LogP contribution < -0.4 is 5.56 Å². The number of benzene rings is 3. The van der Waals surface area contributed by atoms with Crippen molar-refractivity contribution in [2.24, 2.45) is 5.92 Å². The van der Waals surface area contributed by atoms with E-state index in [1.165, 1.54) is 18.0 Å². The number of hydrogen-bond donors (Lipinski definition) is 1. The maximum Gasteiger partial charge on any atom is 0.337 e. The molecule has 2 aromatic heterocycles. The molecule has 11 heteroatoms. The highest BCUT2D eigenvalue weighted by Crippen LogP contribution is 2.36. The molecule has 2 fully saturated rings. The van der Waals surface area contributed by atoms with Crippen LogP contribution in [-0.4, -0.2) is 85.7 Å². The molecule has 5 aromatic rings. The van der Waals surface area contributed by atoms with Crippen LogP contribution in [0.3, 0.4) is 0 Å². The van der Waals surface area contributed by atoms with Crippen molar-refractivity contribution in [3.8, 4) is 5.69 Å². The Labute approximate surface area is 289 Å². The number of esters is 1. The Bertz CT molecular complexity index is 2080. The van der Waals surface area contributed by atoms with Gasteiger partial charge in [-0.05, 0) is 61.2 Å². The molecule has 0 unspecified atom stereocenters. The number of carbonyl (C=O) groups is 3. The zero-order valence-electron chi connectivity index (χ0n) is 27.9. The molecule has 0 radical (unpaired) electrons. The molecule has 3 aromatic carbocycles. The molecule has 2 aliphatic rings. The molecule has 2 saturated heterocycles. The fourth-order valence-corrected chi connectivity index (χ4v) is 7.37. The van der Waals surface area contributed by atoms with Crippen LogP contribution in [0.15, 0.2) is 108 Å². The number of rotatable bonds is 7. The number of para-hydroxylation sites is 1. The molecule has 256 valence electrons. The fraction of sp³-hybridized carbons (Fsp3) is 0.308. The minimum atomic E-state index is -1.18. The second-order valence-corrected chi connectivity index (χ2v) is 13.2. The summed E-state index contributed by atoms with van der Waals surface area (Å²) >= 11 is 0. The Morgan fingerprint density at radius 2 is 1.58 bits per heavy atom. The van der Waals surface area contributed by atoms with E-state index >= 15 is 0 Å². The van der Waals surface area contributed by atoms with E-state index in [0.717, 1.165) is 11.3 Å². The standard InChI is InChI=1S/C39H39N5O6/c1-50-38(48)29-12-8-11-28(23-29)35(45)42-19-15-31(33(24-42)27-9-4-2-5-10-27)36(46)41-21-17-39(49,18-22-41)25-43-26-40-34-32(37(43)47)16-20-44(34)30-13-6-3-7-14-30/h2-14,16,20,23,26,31,33,49H,15,17-19,21-22,24-25H2,1H3/t31-,33+/m1/s1. The van der Waals surface area contributed by atoms with E-state index in [-0.39, 0.29) is 35.8 Å². The van der Waals surface area contributed by atoms with Crippen LogP contribution in [0.5, 0.6) is 0 Å². The first-order valence-corrected chi connectivity index (χ1v) is 16.9. The average molecular weight is 674 g/mol. The lowest BCUT2D eigenvalue weighted by atomic mass is 9.79. The van der Waals surface area contributed by atoms with Gasteiger partial charge in [0.25, 0.3) is 11.5 Å². The number of methoxy groups -OCH3 is 1. The predicted molar refractivity (Wildman–Crippen MR) is 187 cm³/mol. The van der Waals surface area contributed by atoms with Gasteiger partial charge >= 0.3 is 5.97 Å². The first-order chi connectivity index (χ1) is 24.2. The van der Waals surface area contributed by atoms with Crippen LogP contribution in [0.4, 0.5) is 0 Å². The van der Waals surface area contributed by atoms with Gasteiger partial charge in [-0.1, -0.05) is 54.6 Å². The van der Waals surface area contributed by atoms with Crippen molar-refractivity contribution in [1.29, 1.82) is 0 Å². The van der Waals surface area contributed by atoms with E-state index in [1.54, 1.807) is 35.2 Å². The summed E-state index contributed by atoms with van der Waals surface area (Å²) in [5, 5.41) is 12.1. The summed E-state index contributed by atoms with van der Waals surface area (Å²) in [4.78, 5) is 61.4. The highest BCUT2D eigenvalue weighted by atomic mass is 16.5. The van der Waals surface area contributed by atoms with E-state index < -0.39 is 11.6 Å². The van der Waals surface area contributed by atoms with E-state index in [2.05, 4.69) is 4.98 Å². The molecule has 11 nitrogen and oxygen atoms in total. The quantitative estimate of drug-likeness (QED) is 0.256. The molecule has 2 atom stereocenters. The van der Waals surface area contributed by atoms with Gasteiger partial charge in [-0.2, -0.15) is 0 Å². The fourth-order valence-electron chi connectivity index (χ4n) is 7.37. The topological polar surface area (TPSA) is 127 Å². The number of aromatic nitrogens is 3. The number of hydrogen-bond acceptors (Lipinski definition) is 7.